The van der Waals surface area contributed by atoms with E-state index in [0.29, 0.717) is 13.0 Å². The van der Waals surface area contributed by atoms with E-state index in [-0.39, 0.29) is 47.8 Å². The Bertz CT molecular complexity index is 438. The van der Waals surface area contributed by atoms with Crippen LogP contribution in [0.15, 0.2) is 4.99 Å². The summed E-state index contributed by atoms with van der Waals surface area (Å²) < 4.78 is 4.82. The lowest BCUT2D eigenvalue weighted by Gasteiger charge is -2.33. The summed E-state index contributed by atoms with van der Waals surface area (Å²) in [6, 6.07) is 0.201. The van der Waals surface area contributed by atoms with Crippen molar-refractivity contribution in [3.63, 3.8) is 0 Å². The summed E-state index contributed by atoms with van der Waals surface area (Å²) in [5.74, 6) is 0.708. The molecule has 1 fully saturated rings. The zero-order chi connectivity index (χ0) is 17.9. The number of carbonyl (C=O) groups is 2. The summed E-state index contributed by atoms with van der Waals surface area (Å²) in [7, 11) is 1.44. The van der Waals surface area contributed by atoms with Gasteiger partial charge >= 0.3 is 5.97 Å². The van der Waals surface area contributed by atoms with Gasteiger partial charge < -0.3 is 20.3 Å². The third-order valence-corrected chi connectivity index (χ3v) is 4.28. The van der Waals surface area contributed by atoms with Crippen molar-refractivity contribution in [2.24, 2.45) is 10.9 Å². The molecule has 25 heavy (non-hydrogen) atoms. The lowest BCUT2D eigenvalue weighted by atomic mass is 9.97. The summed E-state index contributed by atoms with van der Waals surface area (Å²) in [6.45, 7) is 8.83. The van der Waals surface area contributed by atoms with Crippen LogP contribution in [0.1, 0.15) is 46.5 Å². The number of halogens is 1. The normalized spacial score (nSPS) is 16.6. The quantitative estimate of drug-likeness (QED) is 0.258. The van der Waals surface area contributed by atoms with Crippen molar-refractivity contribution in [3.05, 3.63) is 0 Å². The Labute approximate surface area is 168 Å². The second kappa shape index (κ2) is 13.2. The maximum atomic E-state index is 11.8. The number of hydrogen-bond acceptors (Lipinski definition) is 4. The molecule has 2 N–H and O–H groups in total. The van der Waals surface area contributed by atoms with E-state index in [0.717, 1.165) is 44.9 Å². The number of hydrogen-bond donors (Lipinski definition) is 2. The Morgan fingerprint density at radius 3 is 2.44 bits per heavy atom. The van der Waals surface area contributed by atoms with Crippen molar-refractivity contribution in [1.29, 1.82) is 0 Å². The molecule has 0 aromatic carbocycles. The van der Waals surface area contributed by atoms with Gasteiger partial charge in [-0.25, -0.2) is 0 Å². The number of esters is 1. The molecule has 1 heterocycles. The lowest BCUT2D eigenvalue weighted by molar-refractivity contribution is -0.146. The number of methoxy groups -OCH3 is 1. The number of nitrogens with one attached hydrogen (secondary N) is 2. The molecule has 1 amide bonds. The van der Waals surface area contributed by atoms with Gasteiger partial charge in [0.05, 0.1) is 19.6 Å². The van der Waals surface area contributed by atoms with Crippen LogP contribution in [0.5, 0.6) is 0 Å². The van der Waals surface area contributed by atoms with Crippen molar-refractivity contribution in [1.82, 2.24) is 15.5 Å². The molecule has 1 aliphatic rings. The van der Waals surface area contributed by atoms with Gasteiger partial charge in [-0.15, -0.1) is 24.0 Å². The minimum absolute atomic E-state index is 0. The van der Waals surface area contributed by atoms with E-state index in [9.17, 15) is 9.59 Å². The van der Waals surface area contributed by atoms with E-state index >= 15 is 0 Å². The zero-order valence-corrected chi connectivity index (χ0v) is 18.2. The number of carbonyl (C=O) groups excluding carboxylic acids is 2. The molecule has 1 rings (SSSR count). The second-order valence-electron chi connectivity index (χ2n) is 6.15. The summed E-state index contributed by atoms with van der Waals surface area (Å²) in [5.41, 5.74) is 0. The lowest BCUT2D eigenvalue weighted by Crippen LogP contribution is -2.46. The predicted octanol–water partition coefficient (Wildman–Crippen LogP) is 1.76. The molecule has 0 aliphatic carbocycles. The first-order valence-electron chi connectivity index (χ1n) is 8.92. The molecule has 0 spiro atoms. The molecule has 0 saturated carbocycles. The fourth-order valence-corrected chi connectivity index (χ4v) is 2.63. The number of likely N-dealkylation sites (tertiary alicyclic amines) is 1. The molecule has 8 heteroatoms. The monoisotopic (exact) mass is 468 g/mol. The van der Waals surface area contributed by atoms with Crippen LogP contribution in [0, 0.1) is 5.92 Å². The molecule has 1 saturated heterocycles. The first-order chi connectivity index (χ1) is 11.5. The third kappa shape index (κ3) is 8.73. The first kappa shape index (κ1) is 23.9. The van der Waals surface area contributed by atoms with Crippen LogP contribution in [0.4, 0.5) is 0 Å². The van der Waals surface area contributed by atoms with E-state index in [1.807, 2.05) is 20.8 Å². The Morgan fingerprint density at radius 1 is 1.28 bits per heavy atom. The van der Waals surface area contributed by atoms with E-state index < -0.39 is 0 Å². The van der Waals surface area contributed by atoms with Crippen LogP contribution in [-0.4, -0.2) is 62.1 Å². The number of guanidine groups is 1. The largest absolute Gasteiger partial charge is 0.469 e. The summed E-state index contributed by atoms with van der Waals surface area (Å²) >= 11 is 0. The Morgan fingerprint density at radius 2 is 1.92 bits per heavy atom. The van der Waals surface area contributed by atoms with Crippen LogP contribution >= 0.6 is 24.0 Å². The molecular weight excluding hydrogens is 435 g/mol. The average Bonchev–Trinajstić information content (AvgIpc) is 2.60. The number of aliphatic imine (C=N–C) groups is 1. The summed E-state index contributed by atoms with van der Waals surface area (Å²) in [6.07, 6.45) is 2.85. The minimum Gasteiger partial charge on any atom is -0.469 e. The molecule has 7 nitrogen and oxygen atoms in total. The van der Waals surface area contributed by atoms with Crippen molar-refractivity contribution in [2.75, 3.05) is 33.3 Å². The van der Waals surface area contributed by atoms with E-state index in [1.54, 1.807) is 0 Å². The Kier molecular flexibility index (Phi) is 12.6. The molecule has 1 unspecified atom stereocenters. The number of piperidine rings is 1. The van der Waals surface area contributed by atoms with Crippen LogP contribution < -0.4 is 10.6 Å². The van der Waals surface area contributed by atoms with Crippen LogP contribution in [-0.2, 0) is 14.3 Å². The second-order valence-corrected chi connectivity index (χ2v) is 6.15. The van der Waals surface area contributed by atoms with Crippen LogP contribution in [0.3, 0.4) is 0 Å². The standard InChI is InChI=1S/C17H32N4O3.HI/c1-5-13(3)20-15(22)7-10-19-17(18-6-2)21-11-8-14(9-12-21)16(23)24-4;/h13-14H,5-12H2,1-4H3,(H,18,19)(H,20,22);1H. The van der Waals surface area contributed by atoms with Gasteiger partial charge in [-0.2, -0.15) is 0 Å². The van der Waals surface area contributed by atoms with Crippen LogP contribution in [0.2, 0.25) is 0 Å². The zero-order valence-electron chi connectivity index (χ0n) is 15.8. The summed E-state index contributed by atoms with van der Waals surface area (Å²) in [5, 5.41) is 6.21. The van der Waals surface area contributed by atoms with E-state index in [4.69, 9.17) is 4.74 Å². The molecule has 0 aromatic rings. The topological polar surface area (TPSA) is 83.0 Å². The SMILES string of the molecule is CCNC(=NCCC(=O)NC(C)CC)N1CCC(C(=O)OC)CC1.I. The maximum absolute atomic E-state index is 11.8. The van der Waals surface area contributed by atoms with Gasteiger partial charge in [-0.1, -0.05) is 6.92 Å². The third-order valence-electron chi connectivity index (χ3n) is 4.28. The molecular formula is C17H33IN4O3. The fraction of sp³-hybridized carbons (Fsp3) is 0.824. The number of amides is 1. The average molecular weight is 468 g/mol. The van der Waals surface area contributed by atoms with Crippen molar-refractivity contribution >= 4 is 41.8 Å². The van der Waals surface area contributed by atoms with Gasteiger partial charge in [0, 0.05) is 32.1 Å². The first-order valence-corrected chi connectivity index (χ1v) is 8.92. The maximum Gasteiger partial charge on any atom is 0.308 e. The smallest absolute Gasteiger partial charge is 0.308 e. The van der Waals surface area contributed by atoms with Gasteiger partial charge in [0.15, 0.2) is 5.96 Å². The summed E-state index contributed by atoms with van der Waals surface area (Å²) in [4.78, 5) is 30.1. The number of ether oxygens (including phenoxy) is 1. The van der Waals surface area contributed by atoms with Gasteiger partial charge in [0.25, 0.3) is 0 Å². The minimum atomic E-state index is -0.127. The van der Waals surface area contributed by atoms with E-state index in [1.165, 1.54) is 7.11 Å². The number of nitrogens with zero attached hydrogens (tertiary/aromatic N) is 2. The highest BCUT2D eigenvalue weighted by atomic mass is 127. The molecule has 0 aromatic heterocycles. The molecule has 1 atom stereocenters. The Balaban J connectivity index is 0.00000576. The molecule has 0 bridgehead atoms. The van der Waals surface area contributed by atoms with Crippen molar-refractivity contribution in [2.45, 2.75) is 52.5 Å². The van der Waals surface area contributed by atoms with Crippen molar-refractivity contribution < 1.29 is 14.3 Å². The highest BCUT2D eigenvalue weighted by Gasteiger charge is 2.26. The van der Waals surface area contributed by atoms with Gasteiger partial charge in [-0.3, -0.25) is 14.6 Å². The Hall–Kier alpha value is -1.06. The van der Waals surface area contributed by atoms with Crippen LogP contribution in [0.25, 0.3) is 0 Å². The van der Waals surface area contributed by atoms with Gasteiger partial charge in [0.1, 0.15) is 0 Å². The van der Waals surface area contributed by atoms with Gasteiger partial charge in [-0.05, 0) is 33.1 Å². The van der Waals surface area contributed by atoms with Gasteiger partial charge in [0.2, 0.25) is 5.91 Å². The highest BCUT2D eigenvalue weighted by molar-refractivity contribution is 14.0. The number of rotatable bonds is 7. The highest BCUT2D eigenvalue weighted by Crippen LogP contribution is 2.18. The van der Waals surface area contributed by atoms with E-state index in [2.05, 4.69) is 20.5 Å². The van der Waals surface area contributed by atoms with Crippen molar-refractivity contribution in [3.8, 4) is 0 Å². The molecule has 146 valence electrons. The predicted molar refractivity (Wildman–Crippen MR) is 110 cm³/mol. The molecule has 0 radical (unpaired) electrons. The molecule has 1 aliphatic heterocycles. The fourth-order valence-electron chi connectivity index (χ4n) is 2.63.